The van der Waals surface area contributed by atoms with Gasteiger partial charge >= 0.3 is 0 Å². The number of ether oxygens (including phenoxy) is 2. The second kappa shape index (κ2) is 9.30. The van der Waals surface area contributed by atoms with Gasteiger partial charge in [-0.1, -0.05) is 11.6 Å². The largest absolute Gasteiger partial charge is 0.478 e. The molecule has 0 saturated carbocycles. The molecule has 0 radical (unpaired) electrons. The van der Waals surface area contributed by atoms with Crippen molar-refractivity contribution < 1.29 is 14.3 Å². The average molecular weight is 464 g/mol. The number of nitrogens with zero attached hydrogens (tertiary/aromatic N) is 4. The SMILES string of the molecule is Cc1ccn(-c2ccc(Oc3ccc(NC(=O)C(C)(C)Oc4ccc(Cl)cc4)cc3)nn2)n1. The lowest BCUT2D eigenvalue weighted by atomic mass is 10.1. The molecule has 0 spiro atoms. The summed E-state index contributed by atoms with van der Waals surface area (Å²) in [6.07, 6.45) is 1.81. The number of hydrogen-bond donors (Lipinski definition) is 1. The van der Waals surface area contributed by atoms with Crippen LogP contribution in [-0.2, 0) is 4.79 Å². The van der Waals surface area contributed by atoms with Crippen LogP contribution in [0.4, 0.5) is 5.69 Å². The number of nitrogens with one attached hydrogen (secondary N) is 1. The van der Waals surface area contributed by atoms with Crippen LogP contribution >= 0.6 is 11.6 Å². The Morgan fingerprint density at radius 3 is 2.24 bits per heavy atom. The van der Waals surface area contributed by atoms with Crippen molar-refractivity contribution in [3.8, 4) is 23.2 Å². The lowest BCUT2D eigenvalue weighted by Crippen LogP contribution is -2.42. The normalized spacial score (nSPS) is 11.2. The number of amides is 1. The highest BCUT2D eigenvalue weighted by molar-refractivity contribution is 6.30. The van der Waals surface area contributed by atoms with Crippen molar-refractivity contribution in [2.24, 2.45) is 0 Å². The standard InChI is InChI=1S/C24H22ClN5O3/c1-16-14-15-30(29-16)21-12-13-22(28-27-21)32-19-10-6-18(7-11-19)26-23(31)24(2,3)33-20-8-4-17(25)5-9-20/h4-15H,1-3H3,(H,26,31). The lowest BCUT2D eigenvalue weighted by Gasteiger charge is -2.25. The van der Waals surface area contributed by atoms with E-state index in [1.165, 1.54) is 0 Å². The minimum atomic E-state index is -1.09. The predicted molar refractivity (Wildman–Crippen MR) is 125 cm³/mol. The van der Waals surface area contributed by atoms with E-state index >= 15 is 0 Å². The van der Waals surface area contributed by atoms with Crippen LogP contribution in [0.2, 0.25) is 5.02 Å². The van der Waals surface area contributed by atoms with Gasteiger partial charge in [0, 0.05) is 23.0 Å². The van der Waals surface area contributed by atoms with Crippen LogP contribution in [0.1, 0.15) is 19.5 Å². The zero-order valence-electron chi connectivity index (χ0n) is 18.3. The Hall–Kier alpha value is -3.91. The maximum Gasteiger partial charge on any atom is 0.267 e. The van der Waals surface area contributed by atoms with Crippen molar-refractivity contribution in [3.05, 3.63) is 83.6 Å². The Bertz CT molecular complexity index is 1240. The molecule has 4 rings (SSSR count). The highest BCUT2D eigenvalue weighted by Crippen LogP contribution is 2.24. The number of aryl methyl sites for hydroxylation is 1. The summed E-state index contributed by atoms with van der Waals surface area (Å²) in [6, 6.07) is 19.2. The van der Waals surface area contributed by atoms with Crippen molar-refractivity contribution in [1.29, 1.82) is 0 Å². The molecule has 0 atom stereocenters. The van der Waals surface area contributed by atoms with Crippen molar-refractivity contribution in [3.63, 3.8) is 0 Å². The second-order valence-corrected chi connectivity index (χ2v) is 8.21. The fraction of sp³-hybridized carbons (Fsp3) is 0.167. The smallest absolute Gasteiger partial charge is 0.267 e. The molecule has 0 bridgehead atoms. The Balaban J connectivity index is 1.35. The summed E-state index contributed by atoms with van der Waals surface area (Å²) in [7, 11) is 0. The molecule has 0 aliphatic heterocycles. The molecular formula is C24H22ClN5O3. The van der Waals surface area contributed by atoms with E-state index in [2.05, 4.69) is 20.6 Å². The van der Waals surface area contributed by atoms with Gasteiger partial charge in [0.2, 0.25) is 5.88 Å². The van der Waals surface area contributed by atoms with Crippen LogP contribution < -0.4 is 14.8 Å². The maximum absolute atomic E-state index is 12.7. The molecule has 0 aliphatic rings. The van der Waals surface area contributed by atoms with Crippen LogP contribution in [0.15, 0.2) is 72.9 Å². The van der Waals surface area contributed by atoms with Gasteiger partial charge in [-0.25, -0.2) is 4.68 Å². The van der Waals surface area contributed by atoms with E-state index in [-0.39, 0.29) is 5.91 Å². The van der Waals surface area contributed by atoms with E-state index in [9.17, 15) is 4.79 Å². The highest BCUT2D eigenvalue weighted by Gasteiger charge is 2.30. The summed E-state index contributed by atoms with van der Waals surface area (Å²) in [4.78, 5) is 12.7. The van der Waals surface area contributed by atoms with E-state index in [4.69, 9.17) is 21.1 Å². The molecular weight excluding hydrogens is 442 g/mol. The monoisotopic (exact) mass is 463 g/mol. The van der Waals surface area contributed by atoms with Crippen molar-refractivity contribution in [2.75, 3.05) is 5.32 Å². The molecule has 0 aliphatic carbocycles. The lowest BCUT2D eigenvalue weighted by molar-refractivity contribution is -0.128. The molecule has 2 aromatic heterocycles. The van der Waals surface area contributed by atoms with Crippen LogP contribution in [0.5, 0.6) is 17.4 Å². The van der Waals surface area contributed by atoms with Gasteiger partial charge in [-0.15, -0.1) is 10.2 Å². The zero-order chi connectivity index (χ0) is 23.4. The first-order chi connectivity index (χ1) is 15.8. The summed E-state index contributed by atoms with van der Waals surface area (Å²) in [6.45, 7) is 5.30. The van der Waals surface area contributed by atoms with Gasteiger partial charge in [0.1, 0.15) is 11.5 Å². The first-order valence-electron chi connectivity index (χ1n) is 10.2. The molecule has 168 valence electrons. The van der Waals surface area contributed by atoms with Gasteiger partial charge in [-0.3, -0.25) is 4.79 Å². The summed E-state index contributed by atoms with van der Waals surface area (Å²) < 4.78 is 13.2. The van der Waals surface area contributed by atoms with Crippen LogP contribution in [0.3, 0.4) is 0 Å². The third-order valence-corrected chi connectivity index (χ3v) is 4.90. The topological polar surface area (TPSA) is 91.2 Å². The van der Waals surface area contributed by atoms with E-state index in [0.29, 0.717) is 33.9 Å². The molecule has 0 saturated heterocycles. The minimum Gasteiger partial charge on any atom is -0.478 e. The van der Waals surface area contributed by atoms with Crippen LogP contribution in [0.25, 0.3) is 5.82 Å². The van der Waals surface area contributed by atoms with Gasteiger partial charge in [0.05, 0.1) is 5.69 Å². The molecule has 1 N–H and O–H groups in total. The van der Waals surface area contributed by atoms with Crippen molar-refractivity contribution in [1.82, 2.24) is 20.0 Å². The molecule has 2 heterocycles. The first kappa shape index (κ1) is 22.3. The summed E-state index contributed by atoms with van der Waals surface area (Å²) in [5.74, 6) is 1.76. The summed E-state index contributed by atoms with van der Waals surface area (Å²) in [5.41, 5.74) is 0.410. The number of rotatable bonds is 7. The quantitative estimate of drug-likeness (QED) is 0.404. The molecule has 9 heteroatoms. The Labute approximate surface area is 196 Å². The third kappa shape index (κ3) is 5.67. The molecule has 1 amide bonds. The zero-order valence-corrected chi connectivity index (χ0v) is 19.1. The predicted octanol–water partition coefficient (Wildman–Crippen LogP) is 5.21. The summed E-state index contributed by atoms with van der Waals surface area (Å²) in [5, 5.41) is 16.0. The number of anilines is 1. The molecule has 33 heavy (non-hydrogen) atoms. The minimum absolute atomic E-state index is 0.290. The van der Waals surface area contributed by atoms with Crippen LogP contribution in [-0.4, -0.2) is 31.5 Å². The second-order valence-electron chi connectivity index (χ2n) is 7.78. The van der Waals surface area contributed by atoms with Gasteiger partial charge in [0.15, 0.2) is 11.4 Å². The third-order valence-electron chi connectivity index (χ3n) is 4.65. The number of aromatic nitrogens is 4. The Kier molecular flexibility index (Phi) is 6.28. The number of halogens is 1. The fourth-order valence-corrected chi connectivity index (χ4v) is 3.01. The van der Waals surface area contributed by atoms with E-state index in [1.807, 2.05) is 19.2 Å². The number of hydrogen-bond acceptors (Lipinski definition) is 6. The van der Waals surface area contributed by atoms with Crippen LogP contribution in [0, 0.1) is 6.92 Å². The fourth-order valence-electron chi connectivity index (χ4n) is 2.88. The molecule has 0 fully saturated rings. The van der Waals surface area contributed by atoms with Gasteiger partial charge in [-0.2, -0.15) is 5.10 Å². The molecule has 0 unspecified atom stereocenters. The maximum atomic E-state index is 12.7. The van der Waals surface area contributed by atoms with Gasteiger partial charge < -0.3 is 14.8 Å². The molecule has 4 aromatic rings. The Morgan fingerprint density at radius 2 is 1.64 bits per heavy atom. The van der Waals surface area contributed by atoms with E-state index in [1.54, 1.807) is 79.2 Å². The van der Waals surface area contributed by atoms with E-state index in [0.717, 1.165) is 5.69 Å². The number of carbonyl (C=O) groups excluding carboxylic acids is 1. The highest BCUT2D eigenvalue weighted by atomic mass is 35.5. The number of benzene rings is 2. The molecule has 2 aromatic carbocycles. The first-order valence-corrected chi connectivity index (χ1v) is 10.6. The molecule has 8 nitrogen and oxygen atoms in total. The van der Waals surface area contributed by atoms with E-state index < -0.39 is 5.60 Å². The van der Waals surface area contributed by atoms with Gasteiger partial charge in [-0.05, 0) is 81.4 Å². The summed E-state index contributed by atoms with van der Waals surface area (Å²) >= 11 is 5.89. The average Bonchev–Trinajstić information content (AvgIpc) is 3.23. The Morgan fingerprint density at radius 1 is 0.939 bits per heavy atom. The number of carbonyl (C=O) groups is 1. The van der Waals surface area contributed by atoms with Gasteiger partial charge in [0.25, 0.3) is 5.91 Å². The van der Waals surface area contributed by atoms with Crippen molar-refractivity contribution >= 4 is 23.2 Å². The van der Waals surface area contributed by atoms with Crippen molar-refractivity contribution in [2.45, 2.75) is 26.4 Å².